The average molecular weight is 287 g/mol. The van der Waals surface area contributed by atoms with Crippen molar-refractivity contribution in [3.63, 3.8) is 0 Å². The lowest BCUT2D eigenvalue weighted by Gasteiger charge is -2.20. The summed E-state index contributed by atoms with van der Waals surface area (Å²) in [7, 11) is 0. The van der Waals surface area contributed by atoms with Gasteiger partial charge in [-0.1, -0.05) is 12.2 Å². The van der Waals surface area contributed by atoms with Crippen LogP contribution in [0.4, 0.5) is 0 Å². The summed E-state index contributed by atoms with van der Waals surface area (Å²) < 4.78 is 10.5. The number of esters is 1. The minimum atomic E-state index is -0.487. The molecular weight excluding hydrogens is 270 g/mol. The molecule has 0 atom stereocenters. The van der Waals surface area contributed by atoms with Gasteiger partial charge in [0.1, 0.15) is 13.0 Å². The topological polar surface area (TPSA) is 59.3 Å². The van der Waals surface area contributed by atoms with Crippen LogP contribution in [0.25, 0.3) is 0 Å². The Morgan fingerprint density at radius 2 is 2.06 bits per heavy atom. The first-order chi connectivity index (χ1) is 8.72. The first-order valence-corrected chi connectivity index (χ1v) is 7.99. The molecule has 0 amide bonds. The molecule has 1 rings (SSSR count). The minimum Gasteiger partial charge on any atom is -0.462 e. The second-order valence-corrected chi connectivity index (χ2v) is 5.89. The zero-order valence-electron chi connectivity index (χ0n) is 10.2. The van der Waals surface area contributed by atoms with Gasteiger partial charge in [0.25, 0.3) is 0 Å². The van der Waals surface area contributed by atoms with Gasteiger partial charge in [0, 0.05) is 23.0 Å². The summed E-state index contributed by atoms with van der Waals surface area (Å²) in [4.78, 5) is 10.9. The van der Waals surface area contributed by atoms with E-state index in [2.05, 4.69) is 6.58 Å². The summed E-state index contributed by atoms with van der Waals surface area (Å²) in [5, 5.41) is 8.28. The van der Waals surface area contributed by atoms with E-state index in [4.69, 9.17) is 14.7 Å². The number of thioether (sulfide) groups is 2. The highest BCUT2D eigenvalue weighted by Crippen LogP contribution is 2.20. The van der Waals surface area contributed by atoms with Gasteiger partial charge >= 0.3 is 5.97 Å². The zero-order chi connectivity index (χ0) is 13.2. The molecule has 4 nitrogen and oxygen atoms in total. The van der Waals surface area contributed by atoms with Gasteiger partial charge in [-0.05, 0) is 0 Å². The smallest absolute Gasteiger partial charge is 0.320 e. The number of ether oxygens (including phenoxy) is 2. The minimum absolute atomic E-state index is 0.197. The Kier molecular flexibility index (Phi) is 7.98. The van der Waals surface area contributed by atoms with E-state index < -0.39 is 5.97 Å². The van der Waals surface area contributed by atoms with Crippen LogP contribution in [0.5, 0.6) is 0 Å². The van der Waals surface area contributed by atoms with Crippen molar-refractivity contribution < 1.29 is 14.3 Å². The zero-order valence-corrected chi connectivity index (χ0v) is 11.9. The molecule has 6 heteroatoms. The molecule has 0 saturated carbocycles. The molecule has 1 aliphatic rings. The third kappa shape index (κ3) is 6.94. The van der Waals surface area contributed by atoms with Crippen molar-refractivity contribution in [3.8, 4) is 6.07 Å². The van der Waals surface area contributed by atoms with Gasteiger partial charge in [-0.2, -0.15) is 28.8 Å². The maximum Gasteiger partial charge on any atom is 0.320 e. The van der Waals surface area contributed by atoms with Crippen LogP contribution in [0.1, 0.15) is 6.42 Å². The number of nitrogens with zero attached hydrogens (tertiary/aromatic N) is 1. The molecule has 1 saturated heterocycles. The standard InChI is InChI=1S/C12H17NO3S2/c1-10-6-17-8-11(9-18-7-10)15-4-5-16-12(14)2-3-13/h11H,1-2,4-9H2. The first-order valence-electron chi connectivity index (χ1n) is 5.68. The Balaban J connectivity index is 2.09. The lowest BCUT2D eigenvalue weighted by molar-refractivity contribution is -0.144. The average Bonchev–Trinajstić information content (AvgIpc) is 2.31. The second-order valence-electron chi connectivity index (χ2n) is 3.83. The van der Waals surface area contributed by atoms with Crippen LogP contribution >= 0.6 is 23.5 Å². The fourth-order valence-corrected chi connectivity index (χ4v) is 3.59. The van der Waals surface area contributed by atoms with Gasteiger partial charge in [-0.25, -0.2) is 0 Å². The predicted molar refractivity (Wildman–Crippen MR) is 74.7 cm³/mol. The highest BCUT2D eigenvalue weighted by Gasteiger charge is 2.13. The molecule has 100 valence electrons. The van der Waals surface area contributed by atoms with Crippen LogP contribution in [0.2, 0.25) is 0 Å². The van der Waals surface area contributed by atoms with E-state index in [-0.39, 0.29) is 19.1 Å². The highest BCUT2D eigenvalue weighted by atomic mass is 32.2. The molecule has 0 aromatic heterocycles. The predicted octanol–water partition coefficient (Wildman–Crippen LogP) is 1.86. The van der Waals surface area contributed by atoms with E-state index in [0.29, 0.717) is 6.61 Å². The lowest BCUT2D eigenvalue weighted by Crippen LogP contribution is -2.24. The van der Waals surface area contributed by atoms with Crippen molar-refractivity contribution in [2.24, 2.45) is 0 Å². The van der Waals surface area contributed by atoms with E-state index >= 15 is 0 Å². The van der Waals surface area contributed by atoms with Gasteiger partial charge in [-0.3, -0.25) is 4.79 Å². The van der Waals surface area contributed by atoms with Crippen LogP contribution in [-0.4, -0.2) is 48.3 Å². The van der Waals surface area contributed by atoms with E-state index in [1.807, 2.05) is 23.5 Å². The number of rotatable bonds is 5. The Morgan fingerprint density at radius 3 is 2.67 bits per heavy atom. The maximum atomic E-state index is 10.9. The molecule has 0 aromatic rings. The molecule has 1 heterocycles. The van der Waals surface area contributed by atoms with Crippen molar-refractivity contribution in [2.45, 2.75) is 12.5 Å². The van der Waals surface area contributed by atoms with Crippen molar-refractivity contribution in [2.75, 3.05) is 36.2 Å². The van der Waals surface area contributed by atoms with Gasteiger partial charge in [0.05, 0.1) is 18.8 Å². The normalized spacial score (nSPS) is 17.6. The number of carbonyl (C=O) groups excluding carboxylic acids is 1. The largest absolute Gasteiger partial charge is 0.462 e. The molecule has 18 heavy (non-hydrogen) atoms. The summed E-state index contributed by atoms with van der Waals surface area (Å²) in [5.41, 5.74) is 1.27. The molecule has 0 N–H and O–H groups in total. The van der Waals surface area contributed by atoms with Crippen molar-refractivity contribution in [3.05, 3.63) is 12.2 Å². The Bertz CT molecular complexity index is 316. The summed E-state index contributed by atoms with van der Waals surface area (Å²) in [6, 6.07) is 1.75. The summed E-state index contributed by atoms with van der Waals surface area (Å²) >= 11 is 3.66. The summed E-state index contributed by atoms with van der Waals surface area (Å²) in [5.74, 6) is 3.38. The van der Waals surface area contributed by atoms with Crippen LogP contribution < -0.4 is 0 Å². The molecule has 1 aliphatic heterocycles. The van der Waals surface area contributed by atoms with E-state index in [9.17, 15) is 4.79 Å². The van der Waals surface area contributed by atoms with E-state index in [0.717, 1.165) is 23.0 Å². The first kappa shape index (κ1) is 15.4. The maximum absolute atomic E-state index is 10.9. The lowest BCUT2D eigenvalue weighted by atomic mass is 10.4. The molecule has 0 aromatic carbocycles. The quantitative estimate of drug-likeness (QED) is 0.437. The van der Waals surface area contributed by atoms with Crippen LogP contribution in [0.15, 0.2) is 12.2 Å². The fourth-order valence-electron chi connectivity index (χ4n) is 1.34. The molecule has 0 aliphatic carbocycles. The Morgan fingerprint density at radius 1 is 1.39 bits per heavy atom. The van der Waals surface area contributed by atoms with Crippen molar-refractivity contribution in [1.29, 1.82) is 5.26 Å². The van der Waals surface area contributed by atoms with Gasteiger partial charge < -0.3 is 9.47 Å². The molecule has 0 bridgehead atoms. The van der Waals surface area contributed by atoms with E-state index in [1.165, 1.54) is 5.57 Å². The number of nitriles is 1. The van der Waals surface area contributed by atoms with Gasteiger partial charge in [-0.15, -0.1) is 0 Å². The SMILES string of the molecule is C=C1CSCC(OCCOC(=O)CC#N)CSC1. The summed E-state index contributed by atoms with van der Waals surface area (Å²) in [6.07, 6.45) is -0.000171. The Hall–Kier alpha value is -0.640. The van der Waals surface area contributed by atoms with Gasteiger partial charge in [0.15, 0.2) is 0 Å². The van der Waals surface area contributed by atoms with Crippen LogP contribution in [0, 0.1) is 11.3 Å². The third-order valence-corrected chi connectivity index (χ3v) is 4.58. The molecule has 0 spiro atoms. The third-order valence-electron chi connectivity index (χ3n) is 2.14. The fraction of sp³-hybridized carbons (Fsp3) is 0.667. The van der Waals surface area contributed by atoms with Crippen LogP contribution in [-0.2, 0) is 14.3 Å². The number of hydrogen-bond acceptors (Lipinski definition) is 6. The van der Waals surface area contributed by atoms with Gasteiger partial charge in [0.2, 0.25) is 0 Å². The number of carbonyl (C=O) groups is 1. The summed E-state index contributed by atoms with van der Waals surface area (Å²) in [6.45, 7) is 4.60. The monoisotopic (exact) mass is 287 g/mol. The van der Waals surface area contributed by atoms with Crippen molar-refractivity contribution >= 4 is 29.5 Å². The number of hydrogen-bond donors (Lipinski definition) is 0. The molecule has 1 fully saturated rings. The highest BCUT2D eigenvalue weighted by molar-refractivity contribution is 8.01. The van der Waals surface area contributed by atoms with Crippen LogP contribution in [0.3, 0.4) is 0 Å². The van der Waals surface area contributed by atoms with Crippen molar-refractivity contribution in [1.82, 2.24) is 0 Å². The molecular formula is C12H17NO3S2. The second kappa shape index (κ2) is 9.31. The Labute approximate surface area is 116 Å². The van der Waals surface area contributed by atoms with E-state index in [1.54, 1.807) is 6.07 Å². The molecule has 0 unspecified atom stereocenters. The molecule has 0 radical (unpaired) electrons.